The minimum Gasteiger partial charge on any atom is -0.264 e. The zero-order chi connectivity index (χ0) is 12.8. The highest BCUT2D eigenvalue weighted by molar-refractivity contribution is 5.82. The highest BCUT2D eigenvalue weighted by Crippen LogP contribution is 2.31. The maximum absolute atomic E-state index is 4.81. The zero-order valence-corrected chi connectivity index (χ0v) is 11.6. The van der Waals surface area contributed by atoms with Crippen molar-refractivity contribution in [2.75, 3.05) is 0 Å². The molecule has 0 bridgehead atoms. The van der Waals surface area contributed by atoms with Crippen LogP contribution in [0.3, 0.4) is 0 Å². The lowest BCUT2D eigenvalue weighted by atomic mass is 9.90. The summed E-state index contributed by atoms with van der Waals surface area (Å²) in [4.78, 5) is 4.23. The van der Waals surface area contributed by atoms with E-state index in [1.165, 1.54) is 0 Å². The van der Waals surface area contributed by atoms with Crippen LogP contribution in [0.15, 0.2) is 18.5 Å². The van der Waals surface area contributed by atoms with Crippen molar-refractivity contribution >= 4 is 10.9 Å². The maximum atomic E-state index is 4.81. The number of aromatic nitrogens is 3. The third-order valence-corrected chi connectivity index (χ3v) is 2.83. The molecule has 0 saturated heterocycles. The van der Waals surface area contributed by atoms with Crippen LogP contribution >= 0.6 is 0 Å². The van der Waals surface area contributed by atoms with Crippen LogP contribution in [0, 0.1) is 0 Å². The summed E-state index contributed by atoms with van der Waals surface area (Å²) < 4.78 is 2.10. The number of pyridine rings is 1. The van der Waals surface area contributed by atoms with E-state index in [4.69, 9.17) is 5.10 Å². The zero-order valence-electron chi connectivity index (χ0n) is 11.6. The first-order chi connectivity index (χ1) is 7.71. The molecule has 0 aliphatic rings. The molecule has 0 aliphatic heterocycles. The molecular formula is C14H21N3. The van der Waals surface area contributed by atoms with Gasteiger partial charge in [0.15, 0.2) is 0 Å². The van der Waals surface area contributed by atoms with Gasteiger partial charge in [0.1, 0.15) is 0 Å². The van der Waals surface area contributed by atoms with Crippen LogP contribution in [0.4, 0.5) is 0 Å². The Morgan fingerprint density at radius 2 is 1.71 bits per heavy atom. The summed E-state index contributed by atoms with van der Waals surface area (Å²) in [6.07, 6.45) is 3.75. The van der Waals surface area contributed by atoms with E-state index in [2.05, 4.69) is 51.2 Å². The van der Waals surface area contributed by atoms with Gasteiger partial charge in [0.2, 0.25) is 0 Å². The minimum absolute atomic E-state index is 0.0108. The van der Waals surface area contributed by atoms with E-state index in [0.717, 1.165) is 16.6 Å². The molecule has 0 atom stereocenters. The van der Waals surface area contributed by atoms with Crippen molar-refractivity contribution in [3.63, 3.8) is 0 Å². The van der Waals surface area contributed by atoms with Crippen LogP contribution in [0.2, 0.25) is 0 Å². The van der Waals surface area contributed by atoms with Gasteiger partial charge in [0.25, 0.3) is 0 Å². The minimum atomic E-state index is -0.0108. The fraction of sp³-hybridized carbons (Fsp3) is 0.571. The molecule has 0 N–H and O–H groups in total. The van der Waals surface area contributed by atoms with Crippen molar-refractivity contribution < 1.29 is 0 Å². The van der Waals surface area contributed by atoms with Gasteiger partial charge in [-0.15, -0.1) is 0 Å². The molecular weight excluding hydrogens is 210 g/mol. The Morgan fingerprint density at radius 3 is 2.24 bits per heavy atom. The first-order valence-electron chi connectivity index (χ1n) is 6.05. The van der Waals surface area contributed by atoms with Crippen LogP contribution in [-0.4, -0.2) is 14.8 Å². The largest absolute Gasteiger partial charge is 0.264 e. The summed E-state index contributed by atoms with van der Waals surface area (Å²) in [5, 5.41) is 5.97. The summed E-state index contributed by atoms with van der Waals surface area (Å²) >= 11 is 0. The average molecular weight is 231 g/mol. The SMILES string of the molecule is CC(C)(C)c1nn(C(C)(C)C)c2ccncc12. The first kappa shape index (κ1) is 12.1. The van der Waals surface area contributed by atoms with Crippen molar-refractivity contribution in [1.29, 1.82) is 0 Å². The molecule has 2 heterocycles. The Morgan fingerprint density at radius 1 is 1.06 bits per heavy atom. The smallest absolute Gasteiger partial charge is 0.0772 e. The molecule has 0 aliphatic carbocycles. The molecule has 92 valence electrons. The van der Waals surface area contributed by atoms with Crippen molar-refractivity contribution in [3.05, 3.63) is 24.2 Å². The summed E-state index contributed by atoms with van der Waals surface area (Å²) in [6, 6.07) is 2.04. The monoisotopic (exact) mass is 231 g/mol. The Balaban J connectivity index is 2.81. The molecule has 0 radical (unpaired) electrons. The maximum Gasteiger partial charge on any atom is 0.0772 e. The number of hydrogen-bond acceptors (Lipinski definition) is 2. The molecule has 0 fully saturated rings. The summed E-state index contributed by atoms with van der Waals surface area (Å²) in [5.41, 5.74) is 2.31. The lowest BCUT2D eigenvalue weighted by Gasteiger charge is -2.21. The third kappa shape index (κ3) is 2.06. The van der Waals surface area contributed by atoms with Crippen molar-refractivity contribution in [2.24, 2.45) is 0 Å². The number of nitrogens with zero attached hydrogens (tertiary/aromatic N) is 3. The molecule has 0 saturated carbocycles. The number of fused-ring (bicyclic) bond motifs is 1. The van der Waals surface area contributed by atoms with Gasteiger partial charge in [0, 0.05) is 23.2 Å². The number of hydrogen-bond donors (Lipinski definition) is 0. The van der Waals surface area contributed by atoms with Crippen LogP contribution in [0.25, 0.3) is 10.9 Å². The second-order valence-corrected chi connectivity index (χ2v) is 6.57. The van der Waals surface area contributed by atoms with E-state index in [-0.39, 0.29) is 11.0 Å². The van der Waals surface area contributed by atoms with Gasteiger partial charge in [0.05, 0.1) is 16.7 Å². The molecule has 0 amide bonds. The molecule has 0 unspecified atom stereocenters. The Kier molecular flexibility index (Phi) is 2.53. The van der Waals surface area contributed by atoms with E-state index in [9.17, 15) is 0 Å². The first-order valence-corrected chi connectivity index (χ1v) is 6.05. The molecule has 17 heavy (non-hydrogen) atoms. The second kappa shape index (κ2) is 3.56. The number of rotatable bonds is 0. The van der Waals surface area contributed by atoms with Crippen LogP contribution in [0.5, 0.6) is 0 Å². The van der Waals surface area contributed by atoms with Gasteiger partial charge in [-0.05, 0) is 26.8 Å². The van der Waals surface area contributed by atoms with Gasteiger partial charge >= 0.3 is 0 Å². The van der Waals surface area contributed by atoms with Gasteiger partial charge in [-0.1, -0.05) is 20.8 Å². The standard InChI is InChI=1S/C14H21N3/c1-13(2,3)12-10-9-15-8-7-11(10)17(16-12)14(4,5)6/h7-9H,1-6H3. The van der Waals surface area contributed by atoms with E-state index >= 15 is 0 Å². The lowest BCUT2D eigenvalue weighted by Crippen LogP contribution is -2.24. The molecule has 0 aromatic carbocycles. The van der Waals surface area contributed by atoms with Gasteiger partial charge in [-0.3, -0.25) is 9.67 Å². The van der Waals surface area contributed by atoms with Crippen molar-refractivity contribution in [1.82, 2.24) is 14.8 Å². The normalized spacial score (nSPS) is 13.3. The predicted molar refractivity (Wildman–Crippen MR) is 71.2 cm³/mol. The summed E-state index contributed by atoms with van der Waals surface area (Å²) in [5.74, 6) is 0. The van der Waals surface area contributed by atoms with E-state index in [0.29, 0.717) is 0 Å². The van der Waals surface area contributed by atoms with E-state index in [1.54, 1.807) is 0 Å². The summed E-state index contributed by atoms with van der Waals surface area (Å²) in [6.45, 7) is 13.1. The topological polar surface area (TPSA) is 30.7 Å². The predicted octanol–water partition coefficient (Wildman–Crippen LogP) is 3.48. The van der Waals surface area contributed by atoms with E-state index < -0.39 is 0 Å². The van der Waals surface area contributed by atoms with Crippen molar-refractivity contribution in [2.45, 2.75) is 52.5 Å². The Hall–Kier alpha value is -1.38. The van der Waals surface area contributed by atoms with Crippen LogP contribution in [-0.2, 0) is 11.0 Å². The Bertz CT molecular complexity index is 491. The van der Waals surface area contributed by atoms with E-state index in [1.807, 2.05) is 18.5 Å². The molecule has 0 spiro atoms. The Labute approximate surface area is 103 Å². The molecule has 2 aromatic rings. The molecule has 2 rings (SSSR count). The highest BCUT2D eigenvalue weighted by atomic mass is 15.3. The average Bonchev–Trinajstić information content (AvgIpc) is 2.55. The van der Waals surface area contributed by atoms with Gasteiger partial charge in [-0.25, -0.2) is 0 Å². The van der Waals surface area contributed by atoms with Gasteiger partial charge < -0.3 is 0 Å². The molecule has 2 aromatic heterocycles. The molecule has 3 heteroatoms. The fourth-order valence-corrected chi connectivity index (χ4v) is 2.03. The quantitative estimate of drug-likeness (QED) is 0.695. The lowest BCUT2D eigenvalue weighted by molar-refractivity contribution is 0.360. The van der Waals surface area contributed by atoms with Crippen LogP contribution < -0.4 is 0 Å². The second-order valence-electron chi connectivity index (χ2n) is 6.57. The fourth-order valence-electron chi connectivity index (χ4n) is 2.03. The third-order valence-electron chi connectivity index (χ3n) is 2.83. The summed E-state index contributed by atoms with van der Waals surface area (Å²) in [7, 11) is 0. The van der Waals surface area contributed by atoms with Gasteiger partial charge in [-0.2, -0.15) is 5.10 Å². The van der Waals surface area contributed by atoms with Crippen LogP contribution in [0.1, 0.15) is 47.2 Å². The molecule has 3 nitrogen and oxygen atoms in total. The van der Waals surface area contributed by atoms with Crippen molar-refractivity contribution in [3.8, 4) is 0 Å². The highest BCUT2D eigenvalue weighted by Gasteiger charge is 2.26.